The Bertz CT molecular complexity index is 1060. The molecule has 0 spiro atoms. The lowest BCUT2D eigenvalue weighted by Crippen LogP contribution is -2.44. The van der Waals surface area contributed by atoms with Gasteiger partial charge in [-0.2, -0.15) is 0 Å². The Kier molecular flexibility index (Phi) is 7.92. The number of fused-ring (bicyclic) bond motifs is 1. The maximum atomic E-state index is 12.7. The van der Waals surface area contributed by atoms with E-state index in [2.05, 4.69) is 38.4 Å². The molecule has 192 valence electrons. The maximum absolute atomic E-state index is 12.7. The summed E-state index contributed by atoms with van der Waals surface area (Å²) in [5.74, 6) is 0.591. The van der Waals surface area contributed by atoms with E-state index in [0.29, 0.717) is 24.1 Å². The number of likely N-dealkylation sites (tertiary alicyclic amines) is 1. The second-order valence-corrected chi connectivity index (χ2v) is 10.6. The molecule has 3 heterocycles. The number of aliphatic hydroxyl groups is 1. The van der Waals surface area contributed by atoms with E-state index >= 15 is 0 Å². The van der Waals surface area contributed by atoms with E-state index in [1.54, 1.807) is 6.07 Å². The molecule has 2 N–H and O–H groups in total. The van der Waals surface area contributed by atoms with Gasteiger partial charge in [-0.25, -0.2) is 9.97 Å². The van der Waals surface area contributed by atoms with E-state index in [1.807, 2.05) is 11.0 Å². The van der Waals surface area contributed by atoms with Crippen molar-refractivity contribution in [2.75, 3.05) is 32.7 Å². The molecule has 1 atom stereocenters. The highest BCUT2D eigenvalue weighted by molar-refractivity contribution is 5.92. The molecular formula is C28H37N5O3. The topological polar surface area (TPSA) is 98.7 Å². The van der Waals surface area contributed by atoms with Gasteiger partial charge < -0.3 is 15.3 Å². The van der Waals surface area contributed by atoms with Crippen LogP contribution in [0.2, 0.25) is 0 Å². The normalized spacial score (nSPS) is 22.9. The number of hydrogen-bond donors (Lipinski definition) is 2. The van der Waals surface area contributed by atoms with E-state index in [0.717, 1.165) is 70.4 Å². The predicted molar refractivity (Wildman–Crippen MR) is 136 cm³/mol. The molecule has 2 fully saturated rings. The first-order chi connectivity index (χ1) is 17.5. The number of carbonyl (C=O) groups excluding carboxylic acids is 2. The first kappa shape index (κ1) is 24.8. The van der Waals surface area contributed by atoms with Crippen LogP contribution in [0.1, 0.15) is 59.4 Å². The minimum absolute atomic E-state index is 0.146. The van der Waals surface area contributed by atoms with Crippen molar-refractivity contribution in [1.82, 2.24) is 25.1 Å². The molecule has 1 aromatic heterocycles. The number of amides is 2. The van der Waals surface area contributed by atoms with Gasteiger partial charge in [0.05, 0.1) is 6.10 Å². The Morgan fingerprint density at radius 3 is 2.64 bits per heavy atom. The van der Waals surface area contributed by atoms with Gasteiger partial charge in [-0.05, 0) is 68.1 Å². The summed E-state index contributed by atoms with van der Waals surface area (Å²) in [5.41, 5.74) is 3.83. The van der Waals surface area contributed by atoms with Crippen molar-refractivity contribution in [1.29, 1.82) is 0 Å². The van der Waals surface area contributed by atoms with Gasteiger partial charge in [-0.3, -0.25) is 14.5 Å². The summed E-state index contributed by atoms with van der Waals surface area (Å²) < 4.78 is 0. The molecule has 0 bridgehead atoms. The van der Waals surface area contributed by atoms with Crippen molar-refractivity contribution in [3.63, 3.8) is 0 Å². The van der Waals surface area contributed by atoms with Crippen molar-refractivity contribution >= 4 is 11.8 Å². The number of nitrogens with zero attached hydrogens (tertiary/aromatic N) is 4. The van der Waals surface area contributed by atoms with Gasteiger partial charge in [0.1, 0.15) is 12.0 Å². The van der Waals surface area contributed by atoms with Crippen molar-refractivity contribution in [3.05, 3.63) is 59.2 Å². The van der Waals surface area contributed by atoms with E-state index in [-0.39, 0.29) is 18.4 Å². The van der Waals surface area contributed by atoms with E-state index in [9.17, 15) is 14.7 Å². The number of aromatic nitrogens is 2. The third-order valence-electron chi connectivity index (χ3n) is 7.88. The highest BCUT2D eigenvalue weighted by atomic mass is 16.3. The monoisotopic (exact) mass is 491 g/mol. The molecule has 8 nitrogen and oxygen atoms in total. The second kappa shape index (κ2) is 11.5. The van der Waals surface area contributed by atoms with Crippen molar-refractivity contribution < 1.29 is 14.7 Å². The molecule has 2 amide bonds. The summed E-state index contributed by atoms with van der Waals surface area (Å²) in [4.78, 5) is 38.1. The largest absolute Gasteiger partial charge is 0.390 e. The number of aliphatic hydroxyl groups excluding tert-OH is 1. The van der Waals surface area contributed by atoms with Crippen LogP contribution in [0.5, 0.6) is 0 Å². The van der Waals surface area contributed by atoms with Crippen LogP contribution in [0.25, 0.3) is 0 Å². The quantitative estimate of drug-likeness (QED) is 0.588. The summed E-state index contributed by atoms with van der Waals surface area (Å²) in [6.45, 7) is 4.24. The highest BCUT2D eigenvalue weighted by Gasteiger charge is 2.37. The fraction of sp³-hybridized carbons (Fsp3) is 0.571. The number of nitrogens with one attached hydrogen (secondary N) is 1. The number of carbonyl (C=O) groups is 2. The average Bonchev–Trinajstić information content (AvgIpc) is 2.89. The third-order valence-corrected chi connectivity index (χ3v) is 7.88. The van der Waals surface area contributed by atoms with Crippen LogP contribution in [0, 0.1) is 11.8 Å². The summed E-state index contributed by atoms with van der Waals surface area (Å²) in [6.07, 6.45) is 7.79. The summed E-state index contributed by atoms with van der Waals surface area (Å²) in [6, 6.07) is 10.2. The second-order valence-electron chi connectivity index (χ2n) is 10.6. The molecule has 1 saturated heterocycles. The smallest absolute Gasteiger partial charge is 0.270 e. The number of rotatable bonds is 8. The zero-order valence-corrected chi connectivity index (χ0v) is 20.9. The zero-order valence-electron chi connectivity index (χ0n) is 20.9. The first-order valence-electron chi connectivity index (χ1n) is 13.4. The molecule has 8 heteroatoms. The van der Waals surface area contributed by atoms with Crippen LogP contribution in [0.4, 0.5) is 0 Å². The van der Waals surface area contributed by atoms with Gasteiger partial charge >= 0.3 is 0 Å². The van der Waals surface area contributed by atoms with Crippen LogP contribution in [0.3, 0.4) is 0 Å². The Morgan fingerprint density at radius 1 is 1.06 bits per heavy atom. The summed E-state index contributed by atoms with van der Waals surface area (Å²) >= 11 is 0. The van der Waals surface area contributed by atoms with Crippen LogP contribution >= 0.6 is 0 Å². The Balaban J connectivity index is 1.05. The van der Waals surface area contributed by atoms with E-state index in [1.165, 1.54) is 23.9 Å². The molecule has 5 rings (SSSR count). The molecule has 3 aliphatic rings. The fourth-order valence-electron chi connectivity index (χ4n) is 5.78. The molecule has 0 radical (unpaired) electrons. The Labute approximate surface area is 213 Å². The highest BCUT2D eigenvalue weighted by Crippen LogP contribution is 2.37. The van der Waals surface area contributed by atoms with Gasteiger partial charge in [-0.1, -0.05) is 24.3 Å². The van der Waals surface area contributed by atoms with Crippen LogP contribution in [-0.2, 0) is 24.2 Å². The zero-order chi connectivity index (χ0) is 24.9. The van der Waals surface area contributed by atoms with Crippen LogP contribution in [0.15, 0.2) is 36.7 Å². The van der Waals surface area contributed by atoms with E-state index < -0.39 is 6.10 Å². The maximum Gasteiger partial charge on any atom is 0.270 e. The molecule has 1 aromatic carbocycles. The molecule has 2 aromatic rings. The van der Waals surface area contributed by atoms with Crippen molar-refractivity contribution in [2.24, 2.45) is 11.8 Å². The molecule has 2 aliphatic heterocycles. The standard InChI is InChI=1S/C28H37N5O3/c34-25(18-32-11-8-21-6-2-3-7-22(21)17-32)16-29-27(35)26-15-24(30-19-31-26)14-20-12-23(13-20)28(36)33-9-4-1-5-10-33/h2-3,6-7,15,19-20,23,25,34H,1,4-5,8-14,16-18H2,(H,29,35)/t20?,23?,25-/m0/s1. The number of β-amino-alcohol motifs (C(OH)–C–C–N with tert-alkyl or cyclic N) is 1. The SMILES string of the molecule is O=C(NC[C@H](O)CN1CCc2ccccc2C1)c1cc(CC2CC(C(=O)N3CCCCC3)C2)ncn1. The number of piperidine rings is 1. The van der Waals surface area contributed by atoms with E-state index in [4.69, 9.17) is 0 Å². The lowest BCUT2D eigenvalue weighted by atomic mass is 9.72. The Hall–Kier alpha value is -2.84. The predicted octanol–water partition coefficient (Wildman–Crippen LogP) is 2.21. The minimum atomic E-state index is -0.648. The Morgan fingerprint density at radius 2 is 1.83 bits per heavy atom. The van der Waals surface area contributed by atoms with Crippen LogP contribution < -0.4 is 5.32 Å². The molecule has 1 aliphatic carbocycles. The van der Waals surface area contributed by atoms with Gasteiger partial charge in [0.25, 0.3) is 5.91 Å². The van der Waals surface area contributed by atoms with Crippen LogP contribution in [-0.4, -0.2) is 75.5 Å². The van der Waals surface area contributed by atoms with Gasteiger partial charge in [0.2, 0.25) is 5.91 Å². The summed E-state index contributed by atoms with van der Waals surface area (Å²) in [5, 5.41) is 13.3. The van der Waals surface area contributed by atoms with Crippen molar-refractivity contribution in [3.8, 4) is 0 Å². The average molecular weight is 492 g/mol. The van der Waals surface area contributed by atoms with Gasteiger partial charge in [0.15, 0.2) is 0 Å². The minimum Gasteiger partial charge on any atom is -0.390 e. The number of benzene rings is 1. The first-order valence-corrected chi connectivity index (χ1v) is 13.4. The molecular weight excluding hydrogens is 454 g/mol. The lowest BCUT2D eigenvalue weighted by molar-refractivity contribution is -0.140. The molecule has 1 saturated carbocycles. The number of hydrogen-bond acceptors (Lipinski definition) is 6. The van der Waals surface area contributed by atoms with Gasteiger partial charge in [-0.15, -0.1) is 0 Å². The lowest BCUT2D eigenvalue weighted by Gasteiger charge is -2.38. The third kappa shape index (κ3) is 6.10. The molecule has 36 heavy (non-hydrogen) atoms. The fourth-order valence-corrected chi connectivity index (χ4v) is 5.78. The van der Waals surface area contributed by atoms with Gasteiger partial charge in [0, 0.05) is 50.9 Å². The molecule has 0 unspecified atom stereocenters. The van der Waals surface area contributed by atoms with Crippen molar-refractivity contribution in [2.45, 2.75) is 57.6 Å². The summed E-state index contributed by atoms with van der Waals surface area (Å²) in [7, 11) is 0.